The van der Waals surface area contributed by atoms with Crippen molar-refractivity contribution in [3.63, 3.8) is 0 Å². The highest BCUT2D eigenvalue weighted by Crippen LogP contribution is 2.01. The molecule has 0 saturated heterocycles. The van der Waals surface area contributed by atoms with E-state index < -0.39 is 0 Å². The van der Waals surface area contributed by atoms with Crippen molar-refractivity contribution in [3.05, 3.63) is 0 Å². The summed E-state index contributed by atoms with van der Waals surface area (Å²) in [4.78, 5) is 11.3. The molecule has 4 nitrogen and oxygen atoms in total. The zero-order valence-corrected chi connectivity index (χ0v) is 10.6. The molecule has 3 N–H and O–H groups in total. The molecule has 0 aliphatic heterocycles. The highest BCUT2D eigenvalue weighted by atomic mass is 16.5. The summed E-state index contributed by atoms with van der Waals surface area (Å²) < 4.78 is 5.24. The lowest BCUT2D eigenvalue weighted by Crippen LogP contribution is -2.26. The summed E-state index contributed by atoms with van der Waals surface area (Å²) in [6.07, 6.45) is 3.54. The number of nitrogens with two attached hydrogens (primary N) is 1. The molecule has 0 bridgehead atoms. The minimum absolute atomic E-state index is 0.0801. The van der Waals surface area contributed by atoms with Gasteiger partial charge in [0.25, 0.3) is 0 Å². The van der Waals surface area contributed by atoms with E-state index in [4.69, 9.17) is 10.5 Å². The first-order chi connectivity index (χ1) is 7.70. The van der Waals surface area contributed by atoms with Crippen LogP contribution in [-0.2, 0) is 9.53 Å². The van der Waals surface area contributed by atoms with E-state index in [0.717, 1.165) is 39.0 Å². The van der Waals surface area contributed by atoms with Gasteiger partial charge in [0.2, 0.25) is 5.91 Å². The summed E-state index contributed by atoms with van der Waals surface area (Å²) in [5, 5.41) is 2.88. The van der Waals surface area contributed by atoms with E-state index in [0.29, 0.717) is 18.9 Å². The van der Waals surface area contributed by atoms with E-state index in [1.807, 2.05) is 0 Å². The number of carbonyl (C=O) groups is 1. The van der Waals surface area contributed by atoms with Gasteiger partial charge < -0.3 is 15.8 Å². The first kappa shape index (κ1) is 15.4. The molecule has 0 aliphatic rings. The second kappa shape index (κ2) is 10.9. The predicted molar refractivity (Wildman–Crippen MR) is 66.2 cm³/mol. The molecule has 0 saturated carbocycles. The molecule has 96 valence electrons. The Hall–Kier alpha value is -0.610. The molecule has 1 amide bonds. The zero-order chi connectivity index (χ0) is 12.2. The molecule has 0 aromatic carbocycles. The van der Waals surface area contributed by atoms with Crippen molar-refractivity contribution in [3.8, 4) is 0 Å². The van der Waals surface area contributed by atoms with Crippen LogP contribution < -0.4 is 11.1 Å². The SMILES string of the molecule is CCCOCCC(=O)NCCCC(C)CN. The zero-order valence-electron chi connectivity index (χ0n) is 10.6. The maximum absolute atomic E-state index is 11.3. The normalized spacial score (nSPS) is 12.4. The third-order valence-electron chi connectivity index (χ3n) is 2.42. The van der Waals surface area contributed by atoms with Crippen molar-refractivity contribution in [2.24, 2.45) is 11.7 Å². The highest BCUT2D eigenvalue weighted by Gasteiger charge is 2.02. The van der Waals surface area contributed by atoms with Crippen molar-refractivity contribution in [2.45, 2.75) is 39.5 Å². The Morgan fingerprint density at radius 2 is 2.19 bits per heavy atom. The molecule has 1 unspecified atom stereocenters. The van der Waals surface area contributed by atoms with Gasteiger partial charge in [0.05, 0.1) is 6.61 Å². The molecule has 16 heavy (non-hydrogen) atoms. The van der Waals surface area contributed by atoms with Crippen LogP contribution >= 0.6 is 0 Å². The molecule has 0 aromatic rings. The maximum atomic E-state index is 11.3. The lowest BCUT2D eigenvalue weighted by atomic mass is 10.1. The molecular weight excluding hydrogens is 204 g/mol. The fraction of sp³-hybridized carbons (Fsp3) is 0.917. The molecule has 0 fully saturated rings. The smallest absolute Gasteiger partial charge is 0.222 e. The van der Waals surface area contributed by atoms with Crippen molar-refractivity contribution in [2.75, 3.05) is 26.3 Å². The number of amides is 1. The molecule has 0 radical (unpaired) electrons. The van der Waals surface area contributed by atoms with E-state index in [1.54, 1.807) is 0 Å². The Morgan fingerprint density at radius 3 is 2.81 bits per heavy atom. The third kappa shape index (κ3) is 9.93. The van der Waals surface area contributed by atoms with Crippen LogP contribution in [-0.4, -0.2) is 32.2 Å². The number of rotatable bonds is 10. The quantitative estimate of drug-likeness (QED) is 0.556. The Kier molecular flexibility index (Phi) is 10.5. The molecule has 1 atom stereocenters. The molecule has 0 rings (SSSR count). The van der Waals surface area contributed by atoms with Crippen LogP contribution in [0.15, 0.2) is 0 Å². The standard InChI is InChI=1S/C12H26N2O2/c1-3-8-16-9-6-12(15)14-7-4-5-11(2)10-13/h11H,3-10,13H2,1-2H3,(H,14,15). The minimum atomic E-state index is 0.0801. The first-order valence-corrected chi connectivity index (χ1v) is 6.25. The Morgan fingerprint density at radius 1 is 1.44 bits per heavy atom. The van der Waals surface area contributed by atoms with E-state index >= 15 is 0 Å². The van der Waals surface area contributed by atoms with Crippen LogP contribution in [0.5, 0.6) is 0 Å². The van der Waals surface area contributed by atoms with Crippen molar-refractivity contribution < 1.29 is 9.53 Å². The first-order valence-electron chi connectivity index (χ1n) is 6.25. The van der Waals surface area contributed by atoms with Gasteiger partial charge in [-0.25, -0.2) is 0 Å². The molecule has 4 heteroatoms. The van der Waals surface area contributed by atoms with Crippen molar-refractivity contribution in [1.29, 1.82) is 0 Å². The van der Waals surface area contributed by atoms with Gasteiger partial charge in [0, 0.05) is 19.6 Å². The Bertz CT molecular complexity index is 174. The average molecular weight is 230 g/mol. The van der Waals surface area contributed by atoms with Gasteiger partial charge in [-0.3, -0.25) is 4.79 Å². The topological polar surface area (TPSA) is 64.3 Å². The van der Waals surface area contributed by atoms with Crippen molar-refractivity contribution >= 4 is 5.91 Å². The van der Waals surface area contributed by atoms with Gasteiger partial charge in [0.1, 0.15) is 0 Å². The van der Waals surface area contributed by atoms with Gasteiger partial charge in [-0.1, -0.05) is 13.8 Å². The summed E-state index contributed by atoms with van der Waals surface area (Å²) in [5.41, 5.74) is 5.50. The number of nitrogens with one attached hydrogen (secondary N) is 1. The fourth-order valence-corrected chi connectivity index (χ4v) is 1.30. The third-order valence-corrected chi connectivity index (χ3v) is 2.42. The second-order valence-corrected chi connectivity index (χ2v) is 4.20. The molecular formula is C12H26N2O2. The summed E-state index contributed by atoms with van der Waals surface area (Å²) in [7, 11) is 0. The van der Waals surface area contributed by atoms with Crippen LogP contribution in [0.2, 0.25) is 0 Å². The van der Waals surface area contributed by atoms with Gasteiger partial charge >= 0.3 is 0 Å². The van der Waals surface area contributed by atoms with E-state index in [1.165, 1.54) is 0 Å². The summed E-state index contributed by atoms with van der Waals surface area (Å²) in [5.74, 6) is 0.626. The summed E-state index contributed by atoms with van der Waals surface area (Å²) in [6.45, 7) is 6.91. The van der Waals surface area contributed by atoms with E-state index in [9.17, 15) is 4.79 Å². The van der Waals surface area contributed by atoms with E-state index in [-0.39, 0.29) is 5.91 Å². The van der Waals surface area contributed by atoms with E-state index in [2.05, 4.69) is 19.2 Å². The highest BCUT2D eigenvalue weighted by molar-refractivity contribution is 5.75. The second-order valence-electron chi connectivity index (χ2n) is 4.20. The number of hydrogen-bond acceptors (Lipinski definition) is 3. The molecule has 0 aliphatic carbocycles. The largest absolute Gasteiger partial charge is 0.381 e. The average Bonchev–Trinajstić information content (AvgIpc) is 2.30. The molecule has 0 aromatic heterocycles. The molecule has 0 heterocycles. The maximum Gasteiger partial charge on any atom is 0.222 e. The Balaban J connectivity index is 3.24. The van der Waals surface area contributed by atoms with Crippen molar-refractivity contribution in [1.82, 2.24) is 5.32 Å². The number of ether oxygens (including phenoxy) is 1. The van der Waals surface area contributed by atoms with Gasteiger partial charge in [-0.05, 0) is 31.7 Å². The van der Waals surface area contributed by atoms with Crippen LogP contribution in [0.4, 0.5) is 0 Å². The van der Waals surface area contributed by atoms with Gasteiger partial charge in [-0.2, -0.15) is 0 Å². The minimum Gasteiger partial charge on any atom is -0.381 e. The summed E-state index contributed by atoms with van der Waals surface area (Å²) >= 11 is 0. The number of hydrogen-bond donors (Lipinski definition) is 2. The lowest BCUT2D eigenvalue weighted by Gasteiger charge is -2.09. The lowest BCUT2D eigenvalue weighted by molar-refractivity contribution is -0.122. The fourth-order valence-electron chi connectivity index (χ4n) is 1.30. The monoisotopic (exact) mass is 230 g/mol. The summed E-state index contributed by atoms with van der Waals surface area (Å²) in [6, 6.07) is 0. The Labute approximate surface area is 98.9 Å². The molecule has 0 spiro atoms. The predicted octanol–water partition coefficient (Wildman–Crippen LogP) is 1.29. The van der Waals surface area contributed by atoms with Gasteiger partial charge in [-0.15, -0.1) is 0 Å². The van der Waals surface area contributed by atoms with Gasteiger partial charge in [0.15, 0.2) is 0 Å². The van der Waals surface area contributed by atoms with Crippen LogP contribution in [0, 0.1) is 5.92 Å². The van der Waals surface area contributed by atoms with Crippen LogP contribution in [0.1, 0.15) is 39.5 Å². The van der Waals surface area contributed by atoms with Crippen LogP contribution in [0.25, 0.3) is 0 Å². The number of carbonyl (C=O) groups excluding carboxylic acids is 1. The van der Waals surface area contributed by atoms with Crippen LogP contribution in [0.3, 0.4) is 0 Å².